The highest BCUT2D eigenvalue weighted by molar-refractivity contribution is 5.88. The second kappa shape index (κ2) is 5.13. The number of nitrogens with zero attached hydrogens (tertiary/aromatic N) is 4. The lowest BCUT2D eigenvalue weighted by Gasteiger charge is -2.02. The Morgan fingerprint density at radius 1 is 1.47 bits per heavy atom. The topological polar surface area (TPSA) is 88.0 Å². The molecule has 0 aliphatic carbocycles. The predicted octanol–water partition coefficient (Wildman–Crippen LogP) is 0.927. The van der Waals surface area contributed by atoms with Crippen LogP contribution in [0.15, 0.2) is 12.4 Å². The van der Waals surface area contributed by atoms with Crippen LogP contribution in [0.25, 0.3) is 5.82 Å². The number of aryl methyl sites for hydroxylation is 2. The first kappa shape index (κ1) is 13.1. The van der Waals surface area contributed by atoms with E-state index in [4.69, 9.17) is 10.5 Å². The molecule has 0 saturated carbocycles. The smallest absolute Gasteiger partial charge is 0.341 e. The van der Waals surface area contributed by atoms with Crippen molar-refractivity contribution in [3.63, 3.8) is 0 Å². The van der Waals surface area contributed by atoms with Gasteiger partial charge in [0.25, 0.3) is 0 Å². The summed E-state index contributed by atoms with van der Waals surface area (Å²) in [5.74, 6) is 0.248. The SMILES string of the molecule is CCOC(=O)c1cnn(-c2c(N)c(CC)nn2C)c1. The maximum absolute atomic E-state index is 11.6. The Hall–Kier alpha value is -2.31. The first-order valence-electron chi connectivity index (χ1n) is 6.12. The zero-order valence-corrected chi connectivity index (χ0v) is 11.3. The van der Waals surface area contributed by atoms with E-state index < -0.39 is 5.97 Å². The van der Waals surface area contributed by atoms with Gasteiger partial charge < -0.3 is 10.5 Å². The summed E-state index contributed by atoms with van der Waals surface area (Å²) in [6.45, 7) is 4.07. The minimum Gasteiger partial charge on any atom is -0.462 e. The molecule has 7 heteroatoms. The minimum absolute atomic E-state index is 0.331. The number of carbonyl (C=O) groups is 1. The van der Waals surface area contributed by atoms with Gasteiger partial charge in [0.1, 0.15) is 5.69 Å². The van der Waals surface area contributed by atoms with E-state index in [1.54, 1.807) is 24.9 Å². The molecule has 2 N–H and O–H groups in total. The van der Waals surface area contributed by atoms with E-state index in [1.807, 2.05) is 6.92 Å². The number of nitrogens with two attached hydrogens (primary N) is 1. The molecule has 0 amide bonds. The third kappa shape index (κ3) is 2.31. The second-order valence-corrected chi connectivity index (χ2v) is 4.06. The van der Waals surface area contributed by atoms with Crippen LogP contribution < -0.4 is 5.73 Å². The second-order valence-electron chi connectivity index (χ2n) is 4.06. The molecule has 2 aromatic rings. The van der Waals surface area contributed by atoms with E-state index in [-0.39, 0.29) is 0 Å². The quantitative estimate of drug-likeness (QED) is 0.829. The number of hydrogen-bond donors (Lipinski definition) is 1. The highest BCUT2D eigenvalue weighted by atomic mass is 16.5. The van der Waals surface area contributed by atoms with Gasteiger partial charge >= 0.3 is 5.97 Å². The van der Waals surface area contributed by atoms with Gasteiger partial charge in [-0.15, -0.1) is 0 Å². The van der Waals surface area contributed by atoms with Crippen LogP contribution in [0.2, 0.25) is 0 Å². The number of hydrogen-bond acceptors (Lipinski definition) is 5. The molecule has 0 spiro atoms. The summed E-state index contributed by atoms with van der Waals surface area (Å²) < 4.78 is 8.10. The van der Waals surface area contributed by atoms with Crippen LogP contribution in [0.1, 0.15) is 29.9 Å². The lowest BCUT2D eigenvalue weighted by atomic mass is 10.3. The number of nitrogen functional groups attached to an aromatic ring is 1. The summed E-state index contributed by atoms with van der Waals surface area (Å²) in [4.78, 5) is 11.6. The van der Waals surface area contributed by atoms with Crippen LogP contribution in [0.4, 0.5) is 5.69 Å². The van der Waals surface area contributed by atoms with Crippen molar-refractivity contribution >= 4 is 11.7 Å². The van der Waals surface area contributed by atoms with Gasteiger partial charge in [-0.05, 0) is 13.3 Å². The molecule has 0 saturated heterocycles. The van der Waals surface area contributed by atoms with Crippen LogP contribution in [-0.2, 0) is 18.2 Å². The van der Waals surface area contributed by atoms with Crippen LogP contribution in [0.5, 0.6) is 0 Å². The number of anilines is 1. The molecular formula is C12H17N5O2. The molecule has 2 rings (SSSR count). The number of esters is 1. The van der Waals surface area contributed by atoms with Gasteiger partial charge in [0.2, 0.25) is 0 Å². The molecule has 0 atom stereocenters. The van der Waals surface area contributed by atoms with E-state index in [1.165, 1.54) is 10.9 Å². The van der Waals surface area contributed by atoms with E-state index in [9.17, 15) is 4.79 Å². The van der Waals surface area contributed by atoms with Crippen molar-refractivity contribution in [2.45, 2.75) is 20.3 Å². The lowest BCUT2D eigenvalue weighted by molar-refractivity contribution is 0.0526. The van der Waals surface area contributed by atoms with Crippen LogP contribution in [0, 0.1) is 0 Å². The van der Waals surface area contributed by atoms with E-state index in [0.717, 1.165) is 12.1 Å². The van der Waals surface area contributed by atoms with Crippen molar-refractivity contribution in [2.75, 3.05) is 12.3 Å². The molecule has 2 aromatic heterocycles. The average molecular weight is 263 g/mol. The van der Waals surface area contributed by atoms with Crippen LogP contribution in [-0.4, -0.2) is 32.1 Å². The third-order valence-corrected chi connectivity index (χ3v) is 2.77. The predicted molar refractivity (Wildman–Crippen MR) is 70.1 cm³/mol. The Labute approximate surface area is 111 Å². The summed E-state index contributed by atoms with van der Waals surface area (Å²) in [6.07, 6.45) is 3.78. The Morgan fingerprint density at radius 2 is 2.21 bits per heavy atom. The Bertz CT molecular complexity index is 599. The summed E-state index contributed by atoms with van der Waals surface area (Å²) in [7, 11) is 1.79. The van der Waals surface area contributed by atoms with E-state index >= 15 is 0 Å². The zero-order valence-electron chi connectivity index (χ0n) is 11.3. The summed E-state index contributed by atoms with van der Waals surface area (Å²) in [5, 5.41) is 8.44. The summed E-state index contributed by atoms with van der Waals surface area (Å²) in [5.41, 5.74) is 7.80. The summed E-state index contributed by atoms with van der Waals surface area (Å²) >= 11 is 0. The zero-order chi connectivity index (χ0) is 14.0. The molecule has 0 aliphatic heterocycles. The van der Waals surface area contributed by atoms with Crippen molar-refractivity contribution in [3.05, 3.63) is 23.7 Å². The molecule has 0 unspecified atom stereocenters. The van der Waals surface area contributed by atoms with Gasteiger partial charge in [-0.1, -0.05) is 6.92 Å². The fraction of sp³-hybridized carbons (Fsp3) is 0.417. The fourth-order valence-corrected chi connectivity index (χ4v) is 1.88. The van der Waals surface area contributed by atoms with Gasteiger partial charge in [0.05, 0.1) is 24.1 Å². The Morgan fingerprint density at radius 3 is 2.79 bits per heavy atom. The standard InChI is InChI=1S/C12H17N5O2/c1-4-9-10(13)11(16(3)15-9)17-7-8(6-14-17)12(18)19-5-2/h6-7H,4-5,13H2,1-3H3. The molecule has 0 aliphatic rings. The Balaban J connectivity index is 2.38. The monoisotopic (exact) mass is 263 g/mol. The number of carbonyl (C=O) groups excluding carboxylic acids is 1. The normalized spacial score (nSPS) is 10.7. The molecule has 0 bridgehead atoms. The van der Waals surface area contributed by atoms with Crippen molar-refractivity contribution in [1.29, 1.82) is 0 Å². The molecule has 7 nitrogen and oxygen atoms in total. The van der Waals surface area contributed by atoms with Crippen LogP contribution >= 0.6 is 0 Å². The maximum atomic E-state index is 11.6. The van der Waals surface area contributed by atoms with Gasteiger partial charge in [-0.25, -0.2) is 14.2 Å². The number of ether oxygens (including phenoxy) is 1. The molecule has 2 heterocycles. The molecule has 0 aromatic carbocycles. The van der Waals surface area contributed by atoms with Crippen LogP contribution in [0.3, 0.4) is 0 Å². The number of rotatable bonds is 4. The van der Waals surface area contributed by atoms with E-state index in [2.05, 4.69) is 10.2 Å². The summed E-state index contributed by atoms with van der Waals surface area (Å²) in [6, 6.07) is 0. The Kier molecular flexibility index (Phi) is 3.55. The number of aromatic nitrogens is 4. The van der Waals surface area contributed by atoms with Gasteiger partial charge in [-0.2, -0.15) is 10.2 Å². The van der Waals surface area contributed by atoms with Crippen molar-refractivity contribution in [1.82, 2.24) is 19.6 Å². The molecular weight excluding hydrogens is 246 g/mol. The molecule has 0 fully saturated rings. The first-order chi connectivity index (χ1) is 9.08. The molecule has 0 radical (unpaired) electrons. The maximum Gasteiger partial charge on any atom is 0.341 e. The minimum atomic E-state index is -0.398. The van der Waals surface area contributed by atoms with Gasteiger partial charge in [0, 0.05) is 13.2 Å². The average Bonchev–Trinajstić information content (AvgIpc) is 2.94. The van der Waals surface area contributed by atoms with Crippen molar-refractivity contribution in [2.24, 2.45) is 7.05 Å². The lowest BCUT2D eigenvalue weighted by Crippen LogP contribution is -2.06. The van der Waals surface area contributed by atoms with E-state index in [0.29, 0.717) is 23.7 Å². The molecule has 102 valence electrons. The van der Waals surface area contributed by atoms with Gasteiger partial charge in [0.15, 0.2) is 5.82 Å². The third-order valence-electron chi connectivity index (χ3n) is 2.77. The fourth-order valence-electron chi connectivity index (χ4n) is 1.88. The van der Waals surface area contributed by atoms with Gasteiger partial charge in [-0.3, -0.25) is 0 Å². The van der Waals surface area contributed by atoms with Crippen molar-refractivity contribution < 1.29 is 9.53 Å². The first-order valence-corrected chi connectivity index (χ1v) is 6.12. The largest absolute Gasteiger partial charge is 0.462 e. The highest BCUT2D eigenvalue weighted by Crippen LogP contribution is 2.21. The van der Waals surface area contributed by atoms with Crippen molar-refractivity contribution in [3.8, 4) is 5.82 Å². The highest BCUT2D eigenvalue weighted by Gasteiger charge is 2.17. The molecule has 19 heavy (non-hydrogen) atoms.